The lowest BCUT2D eigenvalue weighted by Crippen LogP contribution is -2.60. The van der Waals surface area contributed by atoms with Crippen molar-refractivity contribution in [3.8, 4) is 11.5 Å². The maximum atomic E-state index is 10.0. The molecule has 0 spiro atoms. The van der Waals surface area contributed by atoms with Crippen LogP contribution >= 0.6 is 0 Å². The molecule has 0 radical (unpaired) electrons. The third-order valence-corrected chi connectivity index (χ3v) is 10.6. The third kappa shape index (κ3) is 5.32. The average Bonchev–Trinajstić information content (AvgIpc) is 2.82. The molecule has 4 heteroatoms. The molecular weight excluding hydrogens is 424 g/mol. The summed E-state index contributed by atoms with van der Waals surface area (Å²) in [6.07, 6.45) is 12.2. The topological polar surface area (TPSA) is 49.7 Å². The Bertz CT molecular complexity index is 810. The van der Waals surface area contributed by atoms with Gasteiger partial charge in [-0.1, -0.05) is 83.6 Å². The van der Waals surface area contributed by atoms with Crippen molar-refractivity contribution in [2.24, 2.45) is 5.41 Å². The number of aromatic hydroxyl groups is 2. The zero-order chi connectivity index (χ0) is 24.0. The highest BCUT2D eigenvalue weighted by molar-refractivity contribution is 6.15. The first-order valence-corrected chi connectivity index (χ1v) is 14.0. The fourth-order valence-electron chi connectivity index (χ4n) is 6.06. The van der Waals surface area contributed by atoms with E-state index in [2.05, 4.69) is 45.0 Å². The molecule has 182 valence electrons. The second-order valence-corrected chi connectivity index (χ2v) is 12.2. The van der Waals surface area contributed by atoms with E-state index in [4.69, 9.17) is 4.74 Å². The van der Waals surface area contributed by atoms with Gasteiger partial charge >= 0.3 is 0 Å². The van der Waals surface area contributed by atoms with E-state index in [0.717, 1.165) is 36.1 Å². The molecule has 2 N–H and O–H groups in total. The van der Waals surface area contributed by atoms with Crippen molar-refractivity contribution in [3.63, 3.8) is 0 Å². The SMILES string of the molecule is CCCCCCCCC(C)(C1([SiH3])CCCCO1)C(C)(c1ccc(O)cc1)c1ccc(O)cc1. The number of rotatable bonds is 11. The van der Waals surface area contributed by atoms with E-state index in [1.807, 2.05) is 0 Å². The standard InChI is InChI=1S/C29H44O3Si/c1-4-5-6-7-8-9-20-27(2,29(33)21-10-11-22-32-29)28(3,23-12-16-25(30)17-13-23)24-14-18-26(31)19-15-24/h12-19,30-31H,4-11,20-22H2,1-3,33H3. The molecule has 2 atom stereocenters. The van der Waals surface area contributed by atoms with Crippen LogP contribution in [0, 0.1) is 5.41 Å². The summed E-state index contributed by atoms with van der Waals surface area (Å²) in [7, 11) is 0.967. The van der Waals surface area contributed by atoms with Crippen LogP contribution in [0.25, 0.3) is 0 Å². The molecule has 0 aromatic heterocycles. The predicted octanol–water partition coefficient (Wildman–Crippen LogP) is 6.42. The normalized spacial score (nSPS) is 21.1. The Kier molecular flexibility index (Phi) is 8.69. The Morgan fingerprint density at radius 1 is 0.818 bits per heavy atom. The molecule has 1 heterocycles. The largest absolute Gasteiger partial charge is 0.508 e. The second kappa shape index (κ2) is 11.1. The lowest BCUT2D eigenvalue weighted by molar-refractivity contribution is -0.123. The summed E-state index contributed by atoms with van der Waals surface area (Å²) in [5, 5.41) is 19.9. The number of hydrogen-bond acceptors (Lipinski definition) is 3. The summed E-state index contributed by atoms with van der Waals surface area (Å²) in [4.78, 5) is 0. The minimum Gasteiger partial charge on any atom is -0.508 e. The fraction of sp³-hybridized carbons (Fsp3) is 0.586. The quantitative estimate of drug-likeness (QED) is 0.295. The molecule has 0 amide bonds. The minimum absolute atomic E-state index is 0.120. The summed E-state index contributed by atoms with van der Waals surface area (Å²) in [6, 6.07) is 15.5. The Morgan fingerprint density at radius 2 is 1.33 bits per heavy atom. The fourth-order valence-corrected chi connectivity index (χ4v) is 7.37. The van der Waals surface area contributed by atoms with Crippen LogP contribution in [0.5, 0.6) is 11.5 Å². The van der Waals surface area contributed by atoms with Crippen LogP contribution in [0.4, 0.5) is 0 Å². The molecule has 3 nitrogen and oxygen atoms in total. The Morgan fingerprint density at radius 3 is 1.82 bits per heavy atom. The molecule has 3 rings (SSSR count). The molecule has 1 saturated heterocycles. The van der Waals surface area contributed by atoms with Gasteiger partial charge in [-0.2, -0.15) is 0 Å². The number of phenolic OH excluding ortho intramolecular Hbond substituents is 2. The highest BCUT2D eigenvalue weighted by Gasteiger charge is 2.57. The van der Waals surface area contributed by atoms with Gasteiger partial charge in [0.25, 0.3) is 0 Å². The number of unbranched alkanes of at least 4 members (excludes halogenated alkanes) is 5. The Hall–Kier alpha value is -1.78. The van der Waals surface area contributed by atoms with Crippen molar-refractivity contribution < 1.29 is 14.9 Å². The van der Waals surface area contributed by atoms with Crippen LogP contribution < -0.4 is 0 Å². The van der Waals surface area contributed by atoms with Gasteiger partial charge in [-0.15, -0.1) is 0 Å². The van der Waals surface area contributed by atoms with Crippen LogP contribution in [0.3, 0.4) is 0 Å². The molecule has 1 fully saturated rings. The molecule has 2 aromatic rings. The Balaban J connectivity index is 2.08. The number of hydrogen-bond donors (Lipinski definition) is 2. The predicted molar refractivity (Wildman–Crippen MR) is 141 cm³/mol. The highest BCUT2D eigenvalue weighted by Crippen LogP contribution is 2.58. The van der Waals surface area contributed by atoms with Gasteiger partial charge < -0.3 is 14.9 Å². The summed E-state index contributed by atoms with van der Waals surface area (Å²) < 4.78 is 6.73. The van der Waals surface area contributed by atoms with Crippen molar-refractivity contribution in [1.82, 2.24) is 0 Å². The lowest BCUT2D eigenvalue weighted by Gasteiger charge is -2.58. The lowest BCUT2D eigenvalue weighted by atomic mass is 9.53. The first kappa shape index (κ1) is 25.8. The van der Waals surface area contributed by atoms with Crippen molar-refractivity contribution in [2.45, 2.75) is 95.6 Å². The number of benzene rings is 2. The van der Waals surface area contributed by atoms with E-state index in [1.54, 1.807) is 24.3 Å². The molecule has 1 aliphatic heterocycles. The molecule has 0 saturated carbocycles. The zero-order valence-corrected chi connectivity index (χ0v) is 23.2. The van der Waals surface area contributed by atoms with Crippen LogP contribution in [-0.4, -0.2) is 32.3 Å². The summed E-state index contributed by atoms with van der Waals surface area (Å²) in [5.74, 6) is 0.581. The summed E-state index contributed by atoms with van der Waals surface area (Å²) >= 11 is 0. The van der Waals surface area contributed by atoms with E-state index in [0.29, 0.717) is 11.5 Å². The third-order valence-electron chi connectivity index (χ3n) is 8.66. The summed E-state index contributed by atoms with van der Waals surface area (Å²) in [5.41, 5.74) is 1.95. The molecule has 2 unspecified atom stereocenters. The van der Waals surface area contributed by atoms with Gasteiger partial charge in [0.2, 0.25) is 0 Å². The van der Waals surface area contributed by atoms with Gasteiger partial charge in [0.1, 0.15) is 11.5 Å². The van der Waals surface area contributed by atoms with Crippen LogP contribution in [0.15, 0.2) is 48.5 Å². The smallest absolute Gasteiger partial charge is 0.115 e. The van der Waals surface area contributed by atoms with Gasteiger partial charge in [-0.25, -0.2) is 0 Å². The monoisotopic (exact) mass is 468 g/mol. The average molecular weight is 469 g/mol. The van der Waals surface area contributed by atoms with Gasteiger partial charge in [-0.05, 0) is 61.1 Å². The first-order chi connectivity index (χ1) is 15.8. The van der Waals surface area contributed by atoms with Crippen LogP contribution in [-0.2, 0) is 10.2 Å². The van der Waals surface area contributed by atoms with Gasteiger partial charge in [0.15, 0.2) is 0 Å². The van der Waals surface area contributed by atoms with Gasteiger partial charge in [-0.3, -0.25) is 0 Å². The maximum absolute atomic E-state index is 10.0. The van der Waals surface area contributed by atoms with E-state index in [1.165, 1.54) is 56.1 Å². The minimum atomic E-state index is -0.323. The van der Waals surface area contributed by atoms with Crippen LogP contribution in [0.2, 0.25) is 0 Å². The summed E-state index contributed by atoms with van der Waals surface area (Å²) in [6.45, 7) is 7.93. The first-order valence-electron chi connectivity index (χ1n) is 13.0. The number of ether oxygens (including phenoxy) is 1. The Labute approximate surface area is 204 Å². The number of phenols is 2. The molecule has 0 aliphatic carbocycles. The van der Waals surface area contributed by atoms with E-state index >= 15 is 0 Å². The highest BCUT2D eigenvalue weighted by atomic mass is 28.1. The van der Waals surface area contributed by atoms with Gasteiger partial charge in [0, 0.05) is 27.7 Å². The molecule has 1 aliphatic rings. The van der Waals surface area contributed by atoms with E-state index in [-0.39, 0.29) is 16.1 Å². The van der Waals surface area contributed by atoms with Crippen molar-refractivity contribution in [3.05, 3.63) is 59.7 Å². The van der Waals surface area contributed by atoms with E-state index in [9.17, 15) is 10.2 Å². The van der Waals surface area contributed by atoms with Crippen LogP contribution in [0.1, 0.15) is 96.1 Å². The molecule has 2 aromatic carbocycles. The van der Waals surface area contributed by atoms with Crippen molar-refractivity contribution in [2.75, 3.05) is 6.61 Å². The molecule has 0 bridgehead atoms. The van der Waals surface area contributed by atoms with E-state index < -0.39 is 0 Å². The molecular formula is C29H44O3Si. The van der Waals surface area contributed by atoms with Crippen molar-refractivity contribution in [1.29, 1.82) is 0 Å². The van der Waals surface area contributed by atoms with Crippen molar-refractivity contribution >= 4 is 10.2 Å². The maximum Gasteiger partial charge on any atom is 0.115 e. The second-order valence-electron chi connectivity index (χ2n) is 10.6. The zero-order valence-electron chi connectivity index (χ0n) is 21.2. The molecule has 33 heavy (non-hydrogen) atoms. The van der Waals surface area contributed by atoms with Gasteiger partial charge in [0.05, 0.1) is 5.22 Å².